The molecule has 0 saturated carbocycles. The van der Waals surface area contributed by atoms with Gasteiger partial charge in [-0.1, -0.05) is 0 Å². The molecule has 2 saturated heterocycles. The second kappa shape index (κ2) is 8.38. The lowest BCUT2D eigenvalue weighted by Gasteiger charge is -2.42. The van der Waals surface area contributed by atoms with Crippen LogP contribution in [0.3, 0.4) is 0 Å². The number of fused-ring (bicyclic) bond motifs is 6. The lowest BCUT2D eigenvalue weighted by Crippen LogP contribution is -2.55. The number of amidine groups is 1. The first kappa shape index (κ1) is 24.1. The van der Waals surface area contributed by atoms with Gasteiger partial charge >= 0.3 is 0 Å². The smallest absolute Gasteiger partial charge is 0.287 e. The number of aryl methyl sites for hydroxylation is 1. The Morgan fingerprint density at radius 3 is 2.78 bits per heavy atom. The van der Waals surface area contributed by atoms with Gasteiger partial charge in [0, 0.05) is 12.8 Å². The summed E-state index contributed by atoms with van der Waals surface area (Å²) in [4.78, 5) is 15.4. The zero-order valence-electron chi connectivity index (χ0n) is 19.1. The summed E-state index contributed by atoms with van der Waals surface area (Å²) in [5.74, 6) is -1.58. The molecule has 0 radical (unpaired) electrons. The number of nitrogens with one attached hydrogen (secondary N) is 1. The normalized spacial score (nSPS) is 28.6. The Kier molecular flexibility index (Phi) is 5.61. The third kappa shape index (κ3) is 3.90. The Labute approximate surface area is 216 Å². The number of aliphatic hydroxyl groups excluding tert-OH is 1. The molecule has 1 amide bonds. The Balaban J connectivity index is 1.40. The predicted octanol–water partition coefficient (Wildman–Crippen LogP) is 2.31. The van der Waals surface area contributed by atoms with Crippen LogP contribution in [0.4, 0.5) is 5.00 Å². The summed E-state index contributed by atoms with van der Waals surface area (Å²) in [5.41, 5.74) is 1.13. The van der Waals surface area contributed by atoms with Gasteiger partial charge in [-0.3, -0.25) is 4.79 Å². The number of thiophene rings is 2. The van der Waals surface area contributed by atoms with Crippen molar-refractivity contribution in [3.8, 4) is 0 Å². The van der Waals surface area contributed by atoms with Crippen molar-refractivity contribution in [2.75, 3.05) is 17.3 Å². The molecule has 14 heteroatoms. The monoisotopic (exact) mass is 569 g/mol. The van der Waals surface area contributed by atoms with Crippen molar-refractivity contribution in [2.45, 2.75) is 49.0 Å². The minimum atomic E-state index is -4.25. The maximum atomic E-state index is 13.8. The predicted molar refractivity (Wildman–Crippen MR) is 136 cm³/mol. The Bertz CT molecular complexity index is 1520. The van der Waals surface area contributed by atoms with Crippen molar-refractivity contribution in [1.82, 2.24) is 4.90 Å². The molecule has 2 aromatic rings. The van der Waals surface area contributed by atoms with Gasteiger partial charge in [-0.05, 0) is 52.6 Å². The van der Waals surface area contributed by atoms with Crippen LogP contribution < -0.4 is 5.32 Å². The van der Waals surface area contributed by atoms with E-state index in [0.717, 1.165) is 36.0 Å². The first-order valence-corrected chi connectivity index (χ1v) is 16.7. The maximum absolute atomic E-state index is 13.8. The molecule has 36 heavy (non-hydrogen) atoms. The standard InChI is InChI=1S/C22H23N3O7S4/c1-35(28,29)7-5-12-10-34-21-19(12)36(30,31)24-20(23-21)16-18(26)15-13-2-3-14(32-13)17(15)25(22(16)27)8-11-4-6-33-9-11/h4,6,9-10,13-15,17,26H,2-3,5,7-8H2,1H3,(H,23,24). The highest BCUT2D eigenvalue weighted by Crippen LogP contribution is 2.49. The highest BCUT2D eigenvalue weighted by Gasteiger charge is 2.58. The number of hydrogen-bond acceptors (Lipinski definition) is 10. The van der Waals surface area contributed by atoms with E-state index in [0.29, 0.717) is 12.1 Å². The number of carbonyl (C=O) groups excluding carboxylic acids is 1. The average Bonchev–Trinajstić information content (AvgIpc) is 3.58. The summed E-state index contributed by atoms with van der Waals surface area (Å²) >= 11 is 2.61. The SMILES string of the molecule is CS(=O)(=O)CCc1csc2c1S(=O)(=O)N=C(C1=C(O)C3C4CCC(O4)C3N(Cc3ccsc3)C1=O)N2. The van der Waals surface area contributed by atoms with E-state index in [1.165, 1.54) is 11.3 Å². The third-order valence-corrected chi connectivity index (χ3v) is 11.2. The first-order chi connectivity index (χ1) is 17.0. The topological polar surface area (TPSA) is 142 Å². The largest absolute Gasteiger partial charge is 0.511 e. The molecule has 6 heterocycles. The van der Waals surface area contributed by atoms with E-state index in [9.17, 15) is 26.7 Å². The summed E-state index contributed by atoms with van der Waals surface area (Å²) in [5, 5.41) is 19.9. The van der Waals surface area contributed by atoms with Gasteiger partial charge in [0.05, 0.1) is 29.9 Å². The van der Waals surface area contributed by atoms with Crippen LogP contribution >= 0.6 is 22.7 Å². The van der Waals surface area contributed by atoms with Crippen LogP contribution in [-0.4, -0.2) is 68.8 Å². The molecule has 2 bridgehead atoms. The second-order valence-electron chi connectivity index (χ2n) is 9.47. The maximum Gasteiger partial charge on any atom is 0.287 e. The van der Waals surface area contributed by atoms with Crippen molar-refractivity contribution < 1.29 is 31.5 Å². The lowest BCUT2D eigenvalue weighted by atomic mass is 9.78. The molecule has 2 fully saturated rings. The van der Waals surface area contributed by atoms with E-state index < -0.39 is 31.7 Å². The zero-order valence-corrected chi connectivity index (χ0v) is 22.3. The zero-order chi connectivity index (χ0) is 25.4. The van der Waals surface area contributed by atoms with Gasteiger partial charge < -0.3 is 20.1 Å². The summed E-state index contributed by atoms with van der Waals surface area (Å²) in [6, 6.07) is 1.59. The number of sulfone groups is 1. The molecule has 0 aliphatic carbocycles. The number of rotatable bonds is 6. The van der Waals surface area contributed by atoms with Crippen LogP contribution in [-0.2, 0) is 42.4 Å². The fourth-order valence-electron chi connectivity index (χ4n) is 5.55. The number of carbonyl (C=O) groups is 1. The number of amides is 1. The molecule has 4 atom stereocenters. The number of hydrogen-bond donors (Lipinski definition) is 2. The molecule has 4 aliphatic rings. The van der Waals surface area contributed by atoms with E-state index in [1.54, 1.807) is 10.3 Å². The van der Waals surface area contributed by atoms with Gasteiger partial charge in [0.2, 0.25) is 0 Å². The van der Waals surface area contributed by atoms with Crippen LogP contribution in [0.5, 0.6) is 0 Å². The van der Waals surface area contributed by atoms with E-state index in [4.69, 9.17) is 4.74 Å². The number of aliphatic hydroxyl groups is 1. The molecule has 4 unspecified atom stereocenters. The minimum Gasteiger partial charge on any atom is -0.511 e. The number of sulfonamides is 1. The summed E-state index contributed by atoms with van der Waals surface area (Å²) in [7, 11) is -7.54. The van der Waals surface area contributed by atoms with Crippen molar-refractivity contribution in [3.05, 3.63) is 44.7 Å². The highest BCUT2D eigenvalue weighted by molar-refractivity contribution is 7.91. The first-order valence-electron chi connectivity index (χ1n) is 11.3. The van der Waals surface area contributed by atoms with Gasteiger partial charge in [0.25, 0.3) is 15.9 Å². The van der Waals surface area contributed by atoms with Crippen molar-refractivity contribution >= 4 is 59.3 Å². The van der Waals surface area contributed by atoms with Crippen molar-refractivity contribution in [2.24, 2.45) is 10.3 Å². The van der Waals surface area contributed by atoms with Crippen LogP contribution in [0, 0.1) is 5.92 Å². The lowest BCUT2D eigenvalue weighted by molar-refractivity contribution is -0.133. The molecule has 192 valence electrons. The fourth-order valence-corrected chi connectivity index (χ4v) is 9.47. The molecule has 2 aromatic heterocycles. The van der Waals surface area contributed by atoms with Crippen LogP contribution in [0.2, 0.25) is 0 Å². The molecule has 0 spiro atoms. The van der Waals surface area contributed by atoms with Gasteiger partial charge in [0.1, 0.15) is 31.1 Å². The molecule has 2 N–H and O–H groups in total. The van der Waals surface area contributed by atoms with Crippen LogP contribution in [0.1, 0.15) is 24.0 Å². The van der Waals surface area contributed by atoms with Gasteiger partial charge in [-0.2, -0.15) is 19.8 Å². The third-order valence-electron chi connectivity index (χ3n) is 7.07. The minimum absolute atomic E-state index is 0.0297. The molecule has 6 rings (SSSR count). The van der Waals surface area contributed by atoms with Crippen molar-refractivity contribution in [3.63, 3.8) is 0 Å². The average molecular weight is 570 g/mol. The molecule has 10 nitrogen and oxygen atoms in total. The number of ether oxygens (including phenoxy) is 1. The number of nitrogens with zero attached hydrogens (tertiary/aromatic N) is 2. The Morgan fingerprint density at radius 2 is 2.06 bits per heavy atom. The fraction of sp³-hybridized carbons (Fsp3) is 0.455. The summed E-state index contributed by atoms with van der Waals surface area (Å²) < 4.78 is 59.6. The highest BCUT2D eigenvalue weighted by atomic mass is 32.2. The quantitative estimate of drug-likeness (QED) is 0.540. The van der Waals surface area contributed by atoms with E-state index in [2.05, 4.69) is 9.71 Å². The van der Waals surface area contributed by atoms with E-state index in [1.807, 2.05) is 16.8 Å². The Morgan fingerprint density at radius 1 is 1.28 bits per heavy atom. The van der Waals surface area contributed by atoms with E-state index >= 15 is 0 Å². The van der Waals surface area contributed by atoms with Crippen LogP contribution in [0.25, 0.3) is 0 Å². The summed E-state index contributed by atoms with van der Waals surface area (Å²) in [6.45, 7) is 0.312. The molecule has 0 aromatic carbocycles. The van der Waals surface area contributed by atoms with Gasteiger partial charge in [-0.25, -0.2) is 8.42 Å². The molecular formula is C22H23N3O7S4. The van der Waals surface area contributed by atoms with Gasteiger partial charge in [0.15, 0.2) is 5.84 Å². The van der Waals surface area contributed by atoms with Gasteiger partial charge in [-0.15, -0.1) is 15.7 Å². The van der Waals surface area contributed by atoms with Crippen LogP contribution in [0.15, 0.2) is 42.8 Å². The summed E-state index contributed by atoms with van der Waals surface area (Å²) in [6.07, 6.45) is 2.23. The van der Waals surface area contributed by atoms with E-state index in [-0.39, 0.29) is 57.5 Å². The Hall–Kier alpha value is -2.26. The van der Waals surface area contributed by atoms with Crippen molar-refractivity contribution in [1.29, 1.82) is 0 Å². The molecule has 4 aliphatic heterocycles. The number of anilines is 1. The second-order valence-corrected chi connectivity index (χ2v) is 14.9. The molecular weight excluding hydrogens is 547 g/mol.